The third-order valence-corrected chi connectivity index (χ3v) is 3.19. The van der Waals surface area contributed by atoms with E-state index in [0.29, 0.717) is 17.3 Å². The molecule has 1 aromatic heterocycles. The van der Waals surface area contributed by atoms with Crippen molar-refractivity contribution in [3.8, 4) is 22.8 Å². The zero-order chi connectivity index (χ0) is 14.1. The molecule has 3 aromatic rings. The monoisotopic (exact) mass is 270 g/mol. The highest BCUT2D eigenvalue weighted by atomic mass is 16.5. The summed E-state index contributed by atoms with van der Waals surface area (Å²) in [6.07, 6.45) is 0. The molecule has 0 bridgehead atoms. The minimum Gasteiger partial charge on any atom is -0.496 e. The summed E-state index contributed by atoms with van der Waals surface area (Å²) in [5, 5.41) is 5.62. The van der Waals surface area contributed by atoms with Gasteiger partial charge < -0.3 is 19.7 Å². The van der Waals surface area contributed by atoms with Crippen molar-refractivity contribution in [2.24, 2.45) is 0 Å². The quantitative estimate of drug-likeness (QED) is 0.791. The average Bonchev–Trinajstić information content (AvgIpc) is 2.91. The SMILES string of the molecule is COc1cccc2c(OC)c(-c3cc(N)no3)ccc12. The van der Waals surface area contributed by atoms with Gasteiger partial charge in [-0.05, 0) is 18.2 Å². The summed E-state index contributed by atoms with van der Waals surface area (Å²) in [5.74, 6) is 2.42. The number of hydrogen-bond acceptors (Lipinski definition) is 5. The van der Waals surface area contributed by atoms with Gasteiger partial charge in [-0.3, -0.25) is 0 Å². The number of anilines is 1. The Hall–Kier alpha value is -2.69. The molecule has 0 saturated heterocycles. The van der Waals surface area contributed by atoms with Crippen LogP contribution >= 0.6 is 0 Å². The van der Waals surface area contributed by atoms with E-state index in [4.69, 9.17) is 19.7 Å². The Morgan fingerprint density at radius 2 is 1.90 bits per heavy atom. The molecule has 5 nitrogen and oxygen atoms in total. The van der Waals surface area contributed by atoms with Crippen LogP contribution in [0.1, 0.15) is 0 Å². The standard InChI is InChI=1S/C15H14N2O3/c1-18-12-5-3-4-10-9(12)6-7-11(15(10)19-2)13-8-14(16)17-20-13/h3-8H,1-2H3,(H2,16,17). The number of ether oxygens (including phenoxy) is 2. The van der Waals surface area contributed by atoms with E-state index in [0.717, 1.165) is 22.1 Å². The molecule has 2 N–H and O–H groups in total. The molecule has 0 aliphatic carbocycles. The molecule has 0 saturated carbocycles. The van der Waals surface area contributed by atoms with Crippen molar-refractivity contribution in [1.82, 2.24) is 5.16 Å². The van der Waals surface area contributed by atoms with E-state index >= 15 is 0 Å². The molecule has 1 heterocycles. The predicted octanol–water partition coefficient (Wildman–Crippen LogP) is 3.09. The van der Waals surface area contributed by atoms with Gasteiger partial charge in [0, 0.05) is 16.8 Å². The van der Waals surface area contributed by atoms with Gasteiger partial charge in [-0.25, -0.2) is 0 Å². The van der Waals surface area contributed by atoms with Gasteiger partial charge in [-0.1, -0.05) is 17.3 Å². The molecule has 2 aromatic carbocycles. The van der Waals surface area contributed by atoms with Crippen LogP contribution < -0.4 is 15.2 Å². The van der Waals surface area contributed by atoms with Crippen LogP contribution in [0, 0.1) is 0 Å². The second kappa shape index (κ2) is 4.77. The molecule has 0 radical (unpaired) electrons. The van der Waals surface area contributed by atoms with E-state index in [1.54, 1.807) is 20.3 Å². The van der Waals surface area contributed by atoms with Crippen LogP contribution in [0.15, 0.2) is 40.9 Å². The fraction of sp³-hybridized carbons (Fsp3) is 0.133. The van der Waals surface area contributed by atoms with E-state index in [1.807, 2.05) is 30.3 Å². The Kier molecular flexibility index (Phi) is 2.95. The third kappa shape index (κ3) is 1.84. The lowest BCUT2D eigenvalue weighted by atomic mass is 10.0. The van der Waals surface area contributed by atoms with Gasteiger partial charge >= 0.3 is 0 Å². The lowest BCUT2D eigenvalue weighted by Gasteiger charge is -2.12. The summed E-state index contributed by atoms with van der Waals surface area (Å²) in [6, 6.07) is 11.3. The molecule has 0 aliphatic rings. The Balaban J connectivity index is 2.30. The van der Waals surface area contributed by atoms with Crippen LogP contribution in [-0.4, -0.2) is 19.4 Å². The van der Waals surface area contributed by atoms with Crippen molar-refractivity contribution < 1.29 is 14.0 Å². The lowest BCUT2D eigenvalue weighted by molar-refractivity contribution is 0.409. The van der Waals surface area contributed by atoms with Gasteiger partial charge in [0.15, 0.2) is 11.6 Å². The smallest absolute Gasteiger partial charge is 0.172 e. The summed E-state index contributed by atoms with van der Waals surface area (Å²) < 4.78 is 16.1. The molecule has 0 amide bonds. The largest absolute Gasteiger partial charge is 0.496 e. The Labute approximate surface area is 115 Å². The van der Waals surface area contributed by atoms with Crippen LogP contribution in [0.4, 0.5) is 5.82 Å². The normalized spacial score (nSPS) is 10.7. The molecule has 3 rings (SSSR count). The zero-order valence-electron chi connectivity index (χ0n) is 11.2. The molecule has 0 aliphatic heterocycles. The maximum absolute atomic E-state index is 5.60. The van der Waals surface area contributed by atoms with E-state index in [2.05, 4.69) is 5.16 Å². The zero-order valence-corrected chi connectivity index (χ0v) is 11.2. The molecule has 102 valence electrons. The Morgan fingerprint density at radius 1 is 1.05 bits per heavy atom. The van der Waals surface area contributed by atoms with Gasteiger partial charge in [-0.15, -0.1) is 0 Å². The van der Waals surface area contributed by atoms with Crippen LogP contribution in [0.2, 0.25) is 0 Å². The first-order chi connectivity index (χ1) is 9.74. The maximum atomic E-state index is 5.60. The van der Waals surface area contributed by atoms with Gasteiger partial charge in [0.05, 0.1) is 19.8 Å². The molecule has 0 atom stereocenters. The predicted molar refractivity (Wildman–Crippen MR) is 77.0 cm³/mol. The number of rotatable bonds is 3. The van der Waals surface area contributed by atoms with E-state index in [9.17, 15) is 0 Å². The number of methoxy groups -OCH3 is 2. The average molecular weight is 270 g/mol. The van der Waals surface area contributed by atoms with Gasteiger partial charge in [-0.2, -0.15) is 0 Å². The van der Waals surface area contributed by atoms with Crippen LogP contribution in [0.25, 0.3) is 22.1 Å². The third-order valence-electron chi connectivity index (χ3n) is 3.19. The van der Waals surface area contributed by atoms with Gasteiger partial charge in [0.1, 0.15) is 11.5 Å². The number of aromatic nitrogens is 1. The minimum absolute atomic E-state index is 0.341. The Bertz CT molecular complexity index is 765. The van der Waals surface area contributed by atoms with Gasteiger partial charge in [0.25, 0.3) is 0 Å². The highest BCUT2D eigenvalue weighted by Crippen LogP contribution is 2.39. The van der Waals surface area contributed by atoms with E-state index in [-0.39, 0.29) is 0 Å². The van der Waals surface area contributed by atoms with Crippen molar-refractivity contribution in [3.63, 3.8) is 0 Å². The van der Waals surface area contributed by atoms with Crippen LogP contribution in [0.5, 0.6) is 11.5 Å². The lowest BCUT2D eigenvalue weighted by Crippen LogP contribution is -1.91. The maximum Gasteiger partial charge on any atom is 0.172 e. The second-order valence-electron chi connectivity index (χ2n) is 4.32. The number of nitrogens with two attached hydrogens (primary N) is 1. The van der Waals surface area contributed by atoms with Crippen molar-refractivity contribution in [3.05, 3.63) is 36.4 Å². The van der Waals surface area contributed by atoms with Crippen molar-refractivity contribution in [2.45, 2.75) is 0 Å². The minimum atomic E-state index is 0.341. The molecule has 0 fully saturated rings. The molecular weight excluding hydrogens is 256 g/mol. The van der Waals surface area contributed by atoms with Crippen molar-refractivity contribution in [1.29, 1.82) is 0 Å². The summed E-state index contributed by atoms with van der Waals surface area (Å²) in [5.41, 5.74) is 6.40. The highest BCUT2D eigenvalue weighted by molar-refractivity contribution is 5.98. The van der Waals surface area contributed by atoms with Gasteiger partial charge in [0.2, 0.25) is 0 Å². The molecule has 0 spiro atoms. The summed E-state index contributed by atoms with van der Waals surface area (Å²) in [7, 11) is 3.27. The first-order valence-electron chi connectivity index (χ1n) is 6.11. The topological polar surface area (TPSA) is 70.5 Å². The molecular formula is C15H14N2O3. The number of nitrogen functional groups attached to an aromatic ring is 1. The second-order valence-corrected chi connectivity index (χ2v) is 4.32. The first kappa shape index (κ1) is 12.3. The number of hydrogen-bond donors (Lipinski definition) is 1. The van der Waals surface area contributed by atoms with E-state index in [1.165, 1.54) is 0 Å². The first-order valence-corrected chi connectivity index (χ1v) is 6.11. The summed E-state index contributed by atoms with van der Waals surface area (Å²) >= 11 is 0. The van der Waals surface area contributed by atoms with E-state index < -0.39 is 0 Å². The molecule has 0 unspecified atom stereocenters. The number of benzene rings is 2. The summed E-state index contributed by atoms with van der Waals surface area (Å²) in [4.78, 5) is 0. The fourth-order valence-electron chi connectivity index (χ4n) is 2.31. The van der Waals surface area contributed by atoms with Crippen LogP contribution in [-0.2, 0) is 0 Å². The molecule has 5 heteroatoms. The Morgan fingerprint density at radius 3 is 2.55 bits per heavy atom. The van der Waals surface area contributed by atoms with Crippen molar-refractivity contribution >= 4 is 16.6 Å². The summed E-state index contributed by atoms with van der Waals surface area (Å²) in [6.45, 7) is 0. The van der Waals surface area contributed by atoms with Crippen molar-refractivity contribution in [2.75, 3.05) is 20.0 Å². The fourth-order valence-corrected chi connectivity index (χ4v) is 2.31. The number of nitrogens with zero attached hydrogens (tertiary/aromatic N) is 1. The van der Waals surface area contributed by atoms with Crippen LogP contribution in [0.3, 0.4) is 0 Å². The number of fused-ring (bicyclic) bond motifs is 1. The molecule has 20 heavy (non-hydrogen) atoms. The highest BCUT2D eigenvalue weighted by Gasteiger charge is 2.15.